The van der Waals surface area contributed by atoms with Crippen LogP contribution < -0.4 is 10.6 Å². The normalized spacial score (nSPS) is 17.8. The molecule has 2 atom stereocenters. The average Bonchev–Trinajstić information content (AvgIpc) is 2.80. The standard InChI is InChI=1S/C24H25ClN4O2/c1-16(23(30)27-21-10-4-7-17-6-2-3-9-20(17)21)29-13-5-8-18(15-29)24(31)28-22-12-11-19(25)14-26-22/h2-4,6-7,9-12,14,16,18H,5,8,13,15H2,1H3,(H,27,30)(H,26,28,31). The van der Waals surface area contributed by atoms with Gasteiger partial charge in [0.1, 0.15) is 5.82 Å². The molecule has 160 valence electrons. The van der Waals surface area contributed by atoms with Gasteiger partial charge in [0.2, 0.25) is 11.8 Å². The smallest absolute Gasteiger partial charge is 0.241 e. The van der Waals surface area contributed by atoms with E-state index in [0.717, 1.165) is 35.8 Å². The number of aromatic nitrogens is 1. The van der Waals surface area contributed by atoms with Gasteiger partial charge in [0.25, 0.3) is 0 Å². The van der Waals surface area contributed by atoms with Crippen molar-refractivity contribution >= 4 is 45.7 Å². The van der Waals surface area contributed by atoms with Crippen LogP contribution in [0.5, 0.6) is 0 Å². The number of hydrogen-bond donors (Lipinski definition) is 2. The lowest BCUT2D eigenvalue weighted by molar-refractivity contribution is -0.125. The Morgan fingerprint density at radius 2 is 1.90 bits per heavy atom. The van der Waals surface area contributed by atoms with Crippen molar-refractivity contribution in [3.63, 3.8) is 0 Å². The van der Waals surface area contributed by atoms with Crippen LogP contribution in [0.1, 0.15) is 19.8 Å². The summed E-state index contributed by atoms with van der Waals surface area (Å²) in [6.45, 7) is 3.21. The van der Waals surface area contributed by atoms with Gasteiger partial charge in [-0.1, -0.05) is 48.0 Å². The molecule has 1 saturated heterocycles. The number of rotatable bonds is 5. The van der Waals surface area contributed by atoms with E-state index in [1.807, 2.05) is 49.4 Å². The largest absolute Gasteiger partial charge is 0.324 e. The summed E-state index contributed by atoms with van der Waals surface area (Å²) >= 11 is 5.85. The fraction of sp³-hybridized carbons (Fsp3) is 0.292. The highest BCUT2D eigenvalue weighted by Gasteiger charge is 2.31. The highest BCUT2D eigenvalue weighted by atomic mass is 35.5. The fourth-order valence-electron chi connectivity index (χ4n) is 3.99. The number of hydrogen-bond acceptors (Lipinski definition) is 4. The Labute approximate surface area is 186 Å². The molecule has 7 heteroatoms. The zero-order chi connectivity index (χ0) is 21.8. The molecule has 6 nitrogen and oxygen atoms in total. The highest BCUT2D eigenvalue weighted by Crippen LogP contribution is 2.25. The van der Waals surface area contributed by atoms with Crippen molar-refractivity contribution in [1.29, 1.82) is 0 Å². The molecule has 0 bridgehead atoms. The number of amides is 2. The quantitative estimate of drug-likeness (QED) is 0.614. The maximum absolute atomic E-state index is 13.0. The molecule has 2 N–H and O–H groups in total. The summed E-state index contributed by atoms with van der Waals surface area (Å²) in [5, 5.41) is 8.53. The first-order chi connectivity index (χ1) is 15.0. The molecule has 31 heavy (non-hydrogen) atoms. The van der Waals surface area contributed by atoms with Crippen molar-refractivity contribution in [2.45, 2.75) is 25.8 Å². The Balaban J connectivity index is 1.39. The summed E-state index contributed by atoms with van der Waals surface area (Å²) in [7, 11) is 0. The summed E-state index contributed by atoms with van der Waals surface area (Å²) in [6.07, 6.45) is 3.15. The third-order valence-corrected chi connectivity index (χ3v) is 6.00. The van der Waals surface area contributed by atoms with E-state index < -0.39 is 0 Å². The van der Waals surface area contributed by atoms with Gasteiger partial charge in [-0.05, 0) is 49.9 Å². The van der Waals surface area contributed by atoms with Gasteiger partial charge in [-0.15, -0.1) is 0 Å². The molecule has 2 unspecified atom stereocenters. The fourth-order valence-corrected chi connectivity index (χ4v) is 4.10. The molecule has 0 spiro atoms. The van der Waals surface area contributed by atoms with Crippen molar-refractivity contribution in [1.82, 2.24) is 9.88 Å². The number of fused-ring (bicyclic) bond motifs is 1. The first kappa shape index (κ1) is 21.3. The molecule has 3 aromatic rings. The Morgan fingerprint density at radius 3 is 2.71 bits per heavy atom. The number of halogens is 1. The van der Waals surface area contributed by atoms with E-state index in [1.54, 1.807) is 12.1 Å². The van der Waals surface area contributed by atoms with Gasteiger partial charge < -0.3 is 10.6 Å². The number of likely N-dealkylation sites (tertiary alicyclic amines) is 1. The van der Waals surface area contributed by atoms with Gasteiger partial charge in [0.05, 0.1) is 17.0 Å². The van der Waals surface area contributed by atoms with E-state index >= 15 is 0 Å². The van der Waals surface area contributed by atoms with Gasteiger partial charge in [-0.25, -0.2) is 4.98 Å². The molecule has 2 amide bonds. The van der Waals surface area contributed by atoms with Crippen molar-refractivity contribution < 1.29 is 9.59 Å². The number of pyridine rings is 1. The first-order valence-electron chi connectivity index (χ1n) is 10.5. The van der Waals surface area contributed by atoms with Crippen molar-refractivity contribution in [3.05, 3.63) is 65.8 Å². The van der Waals surface area contributed by atoms with Gasteiger partial charge >= 0.3 is 0 Å². The number of carbonyl (C=O) groups excluding carboxylic acids is 2. The van der Waals surface area contributed by atoms with Crippen molar-refractivity contribution in [3.8, 4) is 0 Å². The summed E-state index contributed by atoms with van der Waals surface area (Å²) in [5.41, 5.74) is 0.801. The molecule has 1 aliphatic heterocycles. The molecular weight excluding hydrogens is 412 g/mol. The molecule has 1 aliphatic rings. The van der Waals surface area contributed by atoms with Gasteiger partial charge in [-0.3, -0.25) is 14.5 Å². The lowest BCUT2D eigenvalue weighted by Crippen LogP contribution is -2.49. The summed E-state index contributed by atoms with van der Waals surface area (Å²) in [5.74, 6) is 0.130. The van der Waals surface area contributed by atoms with E-state index in [4.69, 9.17) is 11.6 Å². The molecule has 1 fully saturated rings. The molecule has 4 rings (SSSR count). The average molecular weight is 437 g/mol. The number of nitrogens with one attached hydrogen (secondary N) is 2. The second-order valence-electron chi connectivity index (χ2n) is 7.88. The predicted octanol–water partition coefficient (Wildman–Crippen LogP) is 4.57. The van der Waals surface area contributed by atoms with E-state index in [-0.39, 0.29) is 23.8 Å². The minimum Gasteiger partial charge on any atom is -0.324 e. The third-order valence-electron chi connectivity index (χ3n) is 5.78. The predicted molar refractivity (Wildman–Crippen MR) is 124 cm³/mol. The van der Waals surface area contributed by atoms with E-state index in [9.17, 15) is 9.59 Å². The minimum absolute atomic E-state index is 0.0724. The highest BCUT2D eigenvalue weighted by molar-refractivity contribution is 6.30. The third kappa shape index (κ3) is 5.03. The number of nitrogens with zero attached hydrogens (tertiary/aromatic N) is 2. The molecule has 0 saturated carbocycles. The number of carbonyl (C=O) groups is 2. The van der Waals surface area contributed by atoms with Crippen molar-refractivity contribution in [2.24, 2.45) is 5.92 Å². The maximum Gasteiger partial charge on any atom is 0.241 e. The lowest BCUT2D eigenvalue weighted by Gasteiger charge is -2.35. The van der Waals surface area contributed by atoms with Crippen LogP contribution in [-0.4, -0.2) is 40.8 Å². The Hall–Kier alpha value is -2.96. The summed E-state index contributed by atoms with van der Waals surface area (Å²) < 4.78 is 0. The van der Waals surface area contributed by atoms with Crippen LogP contribution in [-0.2, 0) is 9.59 Å². The van der Waals surface area contributed by atoms with Crippen LogP contribution in [0.25, 0.3) is 10.8 Å². The molecule has 0 aliphatic carbocycles. The molecular formula is C24H25ClN4O2. The van der Waals surface area contributed by atoms with Gasteiger partial charge in [0.15, 0.2) is 0 Å². The number of anilines is 2. The van der Waals surface area contributed by atoms with Gasteiger partial charge in [0, 0.05) is 23.8 Å². The number of benzene rings is 2. The second kappa shape index (κ2) is 9.45. The van der Waals surface area contributed by atoms with Crippen LogP contribution in [0.15, 0.2) is 60.8 Å². The van der Waals surface area contributed by atoms with Crippen LogP contribution >= 0.6 is 11.6 Å². The first-order valence-corrected chi connectivity index (χ1v) is 10.8. The Bertz CT molecular complexity index is 1080. The minimum atomic E-state index is -0.344. The molecule has 2 aromatic carbocycles. The Morgan fingerprint density at radius 1 is 1.10 bits per heavy atom. The van der Waals surface area contributed by atoms with Gasteiger partial charge in [-0.2, -0.15) is 0 Å². The van der Waals surface area contributed by atoms with Crippen LogP contribution in [0.2, 0.25) is 5.02 Å². The zero-order valence-electron chi connectivity index (χ0n) is 17.3. The number of piperidine rings is 1. The molecule has 1 aromatic heterocycles. The Kier molecular flexibility index (Phi) is 6.49. The van der Waals surface area contributed by atoms with E-state index in [0.29, 0.717) is 17.4 Å². The SMILES string of the molecule is CC(C(=O)Nc1cccc2ccccc12)N1CCCC(C(=O)Nc2ccc(Cl)cn2)C1. The zero-order valence-corrected chi connectivity index (χ0v) is 18.1. The van der Waals surface area contributed by atoms with Crippen LogP contribution in [0.3, 0.4) is 0 Å². The van der Waals surface area contributed by atoms with Crippen molar-refractivity contribution in [2.75, 3.05) is 23.7 Å². The van der Waals surface area contributed by atoms with Crippen LogP contribution in [0.4, 0.5) is 11.5 Å². The van der Waals surface area contributed by atoms with Crippen LogP contribution in [0, 0.1) is 5.92 Å². The maximum atomic E-state index is 13.0. The molecule has 0 radical (unpaired) electrons. The summed E-state index contributed by atoms with van der Waals surface area (Å²) in [4.78, 5) is 31.9. The monoisotopic (exact) mass is 436 g/mol. The topological polar surface area (TPSA) is 74.3 Å². The molecule has 2 heterocycles. The summed E-state index contributed by atoms with van der Waals surface area (Å²) in [6, 6.07) is 16.9. The lowest BCUT2D eigenvalue weighted by atomic mass is 9.95. The van der Waals surface area contributed by atoms with E-state index in [2.05, 4.69) is 20.5 Å². The second-order valence-corrected chi connectivity index (χ2v) is 8.31. The van der Waals surface area contributed by atoms with E-state index in [1.165, 1.54) is 6.20 Å².